The minimum Gasteiger partial charge on any atom is -0.384 e. The predicted octanol–water partition coefficient (Wildman–Crippen LogP) is 3.34. The number of anilines is 1. The summed E-state index contributed by atoms with van der Waals surface area (Å²) in [5.74, 6) is 0.873. The quantitative estimate of drug-likeness (QED) is 0.827. The number of benzene rings is 1. The standard InChI is InChI=1S/C14H17NOS/c1-11(16)17-9-3-2-4-12-5-6-14-13(10-12)7-8-15-14/h2,4-6,10,15H,3,7-9H2,1H3. The van der Waals surface area contributed by atoms with E-state index in [4.69, 9.17) is 0 Å². The molecule has 1 heterocycles. The average molecular weight is 247 g/mol. The van der Waals surface area contributed by atoms with Crippen LogP contribution in [0.3, 0.4) is 0 Å². The highest BCUT2D eigenvalue weighted by Crippen LogP contribution is 2.23. The number of rotatable bonds is 4. The zero-order valence-corrected chi connectivity index (χ0v) is 10.8. The Morgan fingerprint density at radius 3 is 3.24 bits per heavy atom. The van der Waals surface area contributed by atoms with Crippen molar-refractivity contribution in [3.05, 3.63) is 35.4 Å². The van der Waals surface area contributed by atoms with E-state index in [-0.39, 0.29) is 5.12 Å². The normalized spacial score (nSPS) is 13.7. The number of hydrogen-bond donors (Lipinski definition) is 1. The Kier molecular flexibility index (Phi) is 4.26. The summed E-state index contributed by atoms with van der Waals surface area (Å²) in [4.78, 5) is 10.7. The zero-order valence-electron chi connectivity index (χ0n) is 10.0. The van der Waals surface area contributed by atoms with E-state index in [0.717, 1.165) is 25.1 Å². The summed E-state index contributed by atoms with van der Waals surface area (Å²) in [7, 11) is 0. The predicted molar refractivity (Wildman–Crippen MR) is 75.4 cm³/mol. The molecule has 1 aliphatic rings. The monoisotopic (exact) mass is 247 g/mol. The van der Waals surface area contributed by atoms with Gasteiger partial charge in [-0.3, -0.25) is 4.79 Å². The maximum Gasteiger partial charge on any atom is 0.185 e. The number of thioether (sulfide) groups is 1. The van der Waals surface area contributed by atoms with Gasteiger partial charge in [0, 0.05) is 24.9 Å². The van der Waals surface area contributed by atoms with Gasteiger partial charge in [-0.15, -0.1) is 0 Å². The summed E-state index contributed by atoms with van der Waals surface area (Å²) in [5.41, 5.74) is 3.93. The molecule has 0 bridgehead atoms. The van der Waals surface area contributed by atoms with Crippen LogP contribution in [-0.2, 0) is 11.2 Å². The lowest BCUT2D eigenvalue weighted by molar-refractivity contribution is -0.109. The van der Waals surface area contributed by atoms with E-state index in [2.05, 4.69) is 35.7 Å². The van der Waals surface area contributed by atoms with E-state index in [9.17, 15) is 4.79 Å². The molecule has 0 radical (unpaired) electrons. The Hall–Kier alpha value is -1.22. The molecule has 1 aliphatic heterocycles. The van der Waals surface area contributed by atoms with Crippen molar-refractivity contribution < 1.29 is 4.79 Å². The minimum atomic E-state index is 0.196. The molecular formula is C14H17NOS. The van der Waals surface area contributed by atoms with Crippen molar-refractivity contribution in [3.63, 3.8) is 0 Å². The third-order valence-corrected chi connectivity index (χ3v) is 3.59. The first kappa shape index (κ1) is 12.2. The summed E-state index contributed by atoms with van der Waals surface area (Å²) in [6.07, 6.45) is 6.34. The molecule has 0 saturated heterocycles. The summed E-state index contributed by atoms with van der Waals surface area (Å²) < 4.78 is 0. The Morgan fingerprint density at radius 2 is 2.41 bits per heavy atom. The SMILES string of the molecule is CC(=O)SCCC=Cc1ccc2c(c1)CCN2. The fourth-order valence-corrected chi connectivity index (χ4v) is 2.46. The molecule has 1 aromatic carbocycles. The Bertz CT molecular complexity index is 440. The molecule has 1 aromatic rings. The van der Waals surface area contributed by atoms with Gasteiger partial charge in [-0.25, -0.2) is 0 Å². The number of hydrogen-bond acceptors (Lipinski definition) is 3. The third-order valence-electron chi connectivity index (χ3n) is 2.74. The summed E-state index contributed by atoms with van der Waals surface area (Å²) in [6.45, 7) is 2.67. The molecule has 2 nitrogen and oxygen atoms in total. The van der Waals surface area contributed by atoms with E-state index in [1.807, 2.05) is 0 Å². The molecule has 0 aliphatic carbocycles. The van der Waals surface area contributed by atoms with Gasteiger partial charge in [0.15, 0.2) is 5.12 Å². The van der Waals surface area contributed by atoms with Crippen LogP contribution in [0.25, 0.3) is 6.08 Å². The van der Waals surface area contributed by atoms with Crippen LogP contribution in [0, 0.1) is 0 Å². The van der Waals surface area contributed by atoms with E-state index in [1.165, 1.54) is 28.6 Å². The molecule has 90 valence electrons. The van der Waals surface area contributed by atoms with Gasteiger partial charge in [-0.05, 0) is 36.1 Å². The lowest BCUT2D eigenvalue weighted by atomic mass is 10.1. The van der Waals surface area contributed by atoms with Crippen LogP contribution in [0.1, 0.15) is 24.5 Å². The van der Waals surface area contributed by atoms with Crippen molar-refractivity contribution in [3.8, 4) is 0 Å². The molecule has 1 N–H and O–H groups in total. The van der Waals surface area contributed by atoms with Crippen LogP contribution in [0.4, 0.5) is 5.69 Å². The summed E-state index contributed by atoms with van der Waals surface area (Å²) in [5, 5.41) is 3.55. The van der Waals surface area contributed by atoms with Gasteiger partial charge in [-0.2, -0.15) is 0 Å². The lowest BCUT2D eigenvalue weighted by Crippen LogP contribution is -1.90. The van der Waals surface area contributed by atoms with Crippen molar-refractivity contribution in [2.45, 2.75) is 19.8 Å². The maximum absolute atomic E-state index is 10.7. The first-order valence-electron chi connectivity index (χ1n) is 5.92. The maximum atomic E-state index is 10.7. The molecule has 0 fully saturated rings. The Morgan fingerprint density at radius 1 is 1.53 bits per heavy atom. The van der Waals surface area contributed by atoms with E-state index in [1.54, 1.807) is 6.92 Å². The van der Waals surface area contributed by atoms with Crippen LogP contribution in [0.15, 0.2) is 24.3 Å². The smallest absolute Gasteiger partial charge is 0.185 e. The van der Waals surface area contributed by atoms with Crippen LogP contribution in [0.5, 0.6) is 0 Å². The Balaban J connectivity index is 1.86. The molecule has 2 rings (SSSR count). The van der Waals surface area contributed by atoms with Crippen molar-refractivity contribution in [2.75, 3.05) is 17.6 Å². The first-order chi connectivity index (χ1) is 8.25. The second-order valence-electron chi connectivity index (χ2n) is 4.12. The molecule has 0 saturated carbocycles. The van der Waals surface area contributed by atoms with Gasteiger partial charge in [0.05, 0.1) is 0 Å². The Labute approximate surface area is 106 Å². The number of carbonyl (C=O) groups excluding carboxylic acids is 1. The highest BCUT2D eigenvalue weighted by Gasteiger charge is 2.08. The fraction of sp³-hybridized carbons (Fsp3) is 0.357. The van der Waals surface area contributed by atoms with Gasteiger partial charge < -0.3 is 5.32 Å². The van der Waals surface area contributed by atoms with Gasteiger partial charge in [0.2, 0.25) is 0 Å². The molecule has 3 heteroatoms. The molecule has 0 unspecified atom stereocenters. The van der Waals surface area contributed by atoms with Crippen molar-refractivity contribution in [1.82, 2.24) is 0 Å². The minimum absolute atomic E-state index is 0.196. The second kappa shape index (κ2) is 5.92. The topological polar surface area (TPSA) is 29.1 Å². The van der Waals surface area contributed by atoms with Crippen molar-refractivity contribution in [2.24, 2.45) is 0 Å². The van der Waals surface area contributed by atoms with Gasteiger partial charge in [0.1, 0.15) is 0 Å². The first-order valence-corrected chi connectivity index (χ1v) is 6.91. The number of fused-ring (bicyclic) bond motifs is 1. The number of carbonyl (C=O) groups is 1. The summed E-state index contributed by atoms with van der Waals surface area (Å²) in [6, 6.07) is 6.52. The van der Waals surface area contributed by atoms with E-state index < -0.39 is 0 Å². The zero-order chi connectivity index (χ0) is 12.1. The summed E-state index contributed by atoms with van der Waals surface area (Å²) >= 11 is 1.39. The molecule has 0 spiro atoms. The van der Waals surface area contributed by atoms with Gasteiger partial charge in [-0.1, -0.05) is 30.0 Å². The number of nitrogens with one attached hydrogen (secondary N) is 1. The fourth-order valence-electron chi connectivity index (χ4n) is 1.92. The largest absolute Gasteiger partial charge is 0.384 e. The van der Waals surface area contributed by atoms with Crippen molar-refractivity contribution >= 4 is 28.6 Å². The van der Waals surface area contributed by atoms with Crippen LogP contribution in [0.2, 0.25) is 0 Å². The lowest BCUT2D eigenvalue weighted by Gasteiger charge is -2.00. The van der Waals surface area contributed by atoms with Crippen LogP contribution in [-0.4, -0.2) is 17.4 Å². The third kappa shape index (κ3) is 3.63. The molecular weight excluding hydrogens is 230 g/mol. The van der Waals surface area contributed by atoms with Gasteiger partial charge >= 0.3 is 0 Å². The highest BCUT2D eigenvalue weighted by molar-refractivity contribution is 8.13. The van der Waals surface area contributed by atoms with E-state index in [0.29, 0.717) is 0 Å². The van der Waals surface area contributed by atoms with Gasteiger partial charge in [0.25, 0.3) is 0 Å². The highest BCUT2D eigenvalue weighted by atomic mass is 32.2. The second-order valence-corrected chi connectivity index (χ2v) is 5.40. The molecule has 17 heavy (non-hydrogen) atoms. The molecule has 0 atom stereocenters. The van der Waals surface area contributed by atoms with E-state index >= 15 is 0 Å². The molecule has 0 amide bonds. The van der Waals surface area contributed by atoms with Crippen LogP contribution >= 0.6 is 11.8 Å². The molecule has 0 aromatic heterocycles. The number of allylic oxidation sites excluding steroid dienone is 1. The van der Waals surface area contributed by atoms with Crippen molar-refractivity contribution in [1.29, 1.82) is 0 Å². The van der Waals surface area contributed by atoms with Crippen LogP contribution < -0.4 is 5.32 Å². The average Bonchev–Trinajstić information content (AvgIpc) is 2.75.